The molecule has 2 rings (SSSR count). The van der Waals surface area contributed by atoms with Gasteiger partial charge in [0.1, 0.15) is 11.6 Å². The van der Waals surface area contributed by atoms with Crippen LogP contribution in [0.15, 0.2) is 53.8 Å². The molecule has 0 aliphatic carbocycles. The molecule has 0 amide bonds. The molecule has 0 aliphatic heterocycles. The van der Waals surface area contributed by atoms with Crippen molar-refractivity contribution in [3.05, 3.63) is 81.9 Å². The number of methoxy groups -OCH3 is 1. The van der Waals surface area contributed by atoms with Gasteiger partial charge in [-0.15, -0.1) is 0 Å². The highest BCUT2D eigenvalue weighted by atomic mass is 19.1. The van der Waals surface area contributed by atoms with Crippen LogP contribution >= 0.6 is 0 Å². The SMILES string of the molecule is CC/C(C)=C(OC)\C(=C(/C)c1ccc(C)cc1)c1cc(C)cc(F)c1. The van der Waals surface area contributed by atoms with Gasteiger partial charge < -0.3 is 4.74 Å². The lowest BCUT2D eigenvalue weighted by atomic mass is 9.91. The first-order valence-electron chi connectivity index (χ1n) is 8.67. The first-order chi connectivity index (χ1) is 11.9. The normalized spacial score (nSPS) is 13.2. The van der Waals surface area contributed by atoms with E-state index in [1.54, 1.807) is 19.2 Å². The summed E-state index contributed by atoms with van der Waals surface area (Å²) in [5.74, 6) is 0.597. The van der Waals surface area contributed by atoms with Gasteiger partial charge in [0.25, 0.3) is 0 Å². The molecule has 2 heteroatoms. The fourth-order valence-electron chi connectivity index (χ4n) is 3.00. The van der Waals surface area contributed by atoms with E-state index in [2.05, 4.69) is 52.0 Å². The third-order valence-electron chi connectivity index (χ3n) is 4.54. The predicted molar refractivity (Wildman–Crippen MR) is 105 cm³/mol. The van der Waals surface area contributed by atoms with Crippen LogP contribution in [0.1, 0.15) is 49.4 Å². The van der Waals surface area contributed by atoms with Crippen molar-refractivity contribution in [2.24, 2.45) is 0 Å². The van der Waals surface area contributed by atoms with Gasteiger partial charge in [-0.3, -0.25) is 0 Å². The van der Waals surface area contributed by atoms with E-state index in [1.807, 2.05) is 13.0 Å². The van der Waals surface area contributed by atoms with Crippen molar-refractivity contribution in [1.82, 2.24) is 0 Å². The van der Waals surface area contributed by atoms with Gasteiger partial charge >= 0.3 is 0 Å². The highest BCUT2D eigenvalue weighted by Gasteiger charge is 2.17. The molecule has 0 saturated carbocycles. The molecule has 0 bridgehead atoms. The number of hydrogen-bond donors (Lipinski definition) is 0. The van der Waals surface area contributed by atoms with Crippen LogP contribution in [-0.2, 0) is 4.74 Å². The second-order valence-corrected chi connectivity index (χ2v) is 6.55. The molecule has 0 spiro atoms. The fourth-order valence-corrected chi connectivity index (χ4v) is 3.00. The Hall–Kier alpha value is -2.35. The summed E-state index contributed by atoms with van der Waals surface area (Å²) >= 11 is 0. The van der Waals surface area contributed by atoms with E-state index in [-0.39, 0.29) is 5.82 Å². The molecule has 0 saturated heterocycles. The van der Waals surface area contributed by atoms with E-state index in [0.717, 1.165) is 45.6 Å². The Labute approximate surface area is 150 Å². The Morgan fingerprint density at radius 3 is 2.08 bits per heavy atom. The van der Waals surface area contributed by atoms with Gasteiger partial charge in [-0.05, 0) is 74.1 Å². The molecule has 0 fully saturated rings. The minimum Gasteiger partial charge on any atom is -0.496 e. The summed E-state index contributed by atoms with van der Waals surface area (Å²) in [5.41, 5.74) is 7.25. The second-order valence-electron chi connectivity index (χ2n) is 6.55. The molecule has 25 heavy (non-hydrogen) atoms. The maximum Gasteiger partial charge on any atom is 0.125 e. The van der Waals surface area contributed by atoms with Gasteiger partial charge in [0, 0.05) is 5.57 Å². The summed E-state index contributed by atoms with van der Waals surface area (Å²) in [5, 5.41) is 0. The lowest BCUT2D eigenvalue weighted by molar-refractivity contribution is 0.305. The highest BCUT2D eigenvalue weighted by Crippen LogP contribution is 2.35. The maximum atomic E-state index is 14.1. The molecule has 0 atom stereocenters. The summed E-state index contributed by atoms with van der Waals surface area (Å²) in [6.45, 7) is 10.2. The zero-order chi connectivity index (χ0) is 18.6. The number of allylic oxidation sites excluding steroid dienone is 3. The van der Waals surface area contributed by atoms with Gasteiger partial charge in [-0.1, -0.05) is 42.8 Å². The van der Waals surface area contributed by atoms with Crippen LogP contribution in [0.2, 0.25) is 0 Å². The number of rotatable bonds is 5. The predicted octanol–water partition coefficient (Wildman–Crippen LogP) is 6.70. The quantitative estimate of drug-likeness (QED) is 0.335. The van der Waals surface area contributed by atoms with Crippen LogP contribution in [0.25, 0.3) is 11.1 Å². The Morgan fingerprint density at radius 2 is 1.56 bits per heavy atom. The third kappa shape index (κ3) is 4.39. The van der Waals surface area contributed by atoms with E-state index in [1.165, 1.54) is 5.56 Å². The monoisotopic (exact) mass is 338 g/mol. The molecule has 132 valence electrons. The average molecular weight is 338 g/mol. The third-order valence-corrected chi connectivity index (χ3v) is 4.54. The molecule has 0 radical (unpaired) electrons. The minimum atomic E-state index is -0.228. The van der Waals surface area contributed by atoms with Crippen molar-refractivity contribution in [1.29, 1.82) is 0 Å². The second kappa shape index (κ2) is 8.15. The van der Waals surface area contributed by atoms with E-state index < -0.39 is 0 Å². The Bertz CT molecular complexity index is 790. The fraction of sp³-hybridized carbons (Fsp3) is 0.304. The standard InChI is InChI=1S/C23H27FO/c1-7-17(4)23(25-6)22(20-12-16(3)13-21(24)14-20)18(5)19-10-8-15(2)9-11-19/h8-14H,7H2,1-6H3/b22-18+,23-17+. The van der Waals surface area contributed by atoms with Gasteiger partial charge in [-0.2, -0.15) is 0 Å². The van der Waals surface area contributed by atoms with Crippen molar-refractivity contribution in [3.63, 3.8) is 0 Å². The zero-order valence-corrected chi connectivity index (χ0v) is 16.0. The van der Waals surface area contributed by atoms with E-state index >= 15 is 0 Å². The number of ether oxygens (including phenoxy) is 1. The maximum absolute atomic E-state index is 14.1. The number of hydrogen-bond acceptors (Lipinski definition) is 1. The van der Waals surface area contributed by atoms with Crippen molar-refractivity contribution >= 4 is 11.1 Å². The highest BCUT2D eigenvalue weighted by molar-refractivity contribution is 5.97. The lowest BCUT2D eigenvalue weighted by Gasteiger charge is -2.19. The van der Waals surface area contributed by atoms with Crippen molar-refractivity contribution in [2.45, 2.75) is 41.0 Å². The van der Waals surface area contributed by atoms with Crippen LogP contribution in [0.3, 0.4) is 0 Å². The lowest BCUT2D eigenvalue weighted by Crippen LogP contribution is -2.01. The van der Waals surface area contributed by atoms with Crippen LogP contribution < -0.4 is 0 Å². The Kier molecular flexibility index (Phi) is 6.19. The number of aryl methyl sites for hydroxylation is 2. The molecular formula is C23H27FO. The molecule has 0 unspecified atom stereocenters. The summed E-state index contributed by atoms with van der Waals surface area (Å²) in [6.07, 6.45) is 0.877. The van der Waals surface area contributed by atoms with E-state index in [9.17, 15) is 4.39 Å². The summed E-state index contributed by atoms with van der Waals surface area (Å²) in [6, 6.07) is 13.5. The molecule has 1 nitrogen and oxygen atoms in total. The molecule has 2 aromatic carbocycles. The Morgan fingerprint density at radius 1 is 0.920 bits per heavy atom. The molecule has 0 aromatic heterocycles. The van der Waals surface area contributed by atoms with Gasteiger partial charge in [0.05, 0.1) is 7.11 Å². The van der Waals surface area contributed by atoms with Crippen molar-refractivity contribution in [3.8, 4) is 0 Å². The first kappa shape index (κ1) is 19.0. The first-order valence-corrected chi connectivity index (χ1v) is 8.67. The Balaban J connectivity index is 2.80. The van der Waals surface area contributed by atoms with Gasteiger partial charge in [0.15, 0.2) is 0 Å². The smallest absolute Gasteiger partial charge is 0.125 e. The average Bonchev–Trinajstić information content (AvgIpc) is 2.58. The summed E-state index contributed by atoms with van der Waals surface area (Å²) in [4.78, 5) is 0. The van der Waals surface area contributed by atoms with Crippen LogP contribution in [0.5, 0.6) is 0 Å². The molecular weight excluding hydrogens is 311 g/mol. The molecule has 0 heterocycles. The van der Waals surface area contributed by atoms with Crippen LogP contribution in [-0.4, -0.2) is 7.11 Å². The van der Waals surface area contributed by atoms with Gasteiger partial charge in [0.2, 0.25) is 0 Å². The molecule has 0 aliphatic rings. The number of halogens is 1. The topological polar surface area (TPSA) is 9.23 Å². The number of benzene rings is 2. The van der Waals surface area contributed by atoms with Crippen LogP contribution in [0.4, 0.5) is 4.39 Å². The van der Waals surface area contributed by atoms with Gasteiger partial charge in [-0.25, -0.2) is 4.39 Å². The largest absolute Gasteiger partial charge is 0.496 e. The molecule has 2 aromatic rings. The van der Waals surface area contributed by atoms with E-state index in [4.69, 9.17) is 4.74 Å². The van der Waals surface area contributed by atoms with Crippen molar-refractivity contribution in [2.75, 3.05) is 7.11 Å². The van der Waals surface area contributed by atoms with E-state index in [0.29, 0.717) is 0 Å². The summed E-state index contributed by atoms with van der Waals surface area (Å²) in [7, 11) is 1.68. The minimum absolute atomic E-state index is 0.228. The summed E-state index contributed by atoms with van der Waals surface area (Å²) < 4.78 is 19.8. The van der Waals surface area contributed by atoms with Crippen molar-refractivity contribution < 1.29 is 9.13 Å². The molecule has 0 N–H and O–H groups in total. The zero-order valence-electron chi connectivity index (χ0n) is 16.0. The van der Waals surface area contributed by atoms with Crippen LogP contribution in [0, 0.1) is 19.7 Å².